The Hall–Kier alpha value is -8.41. The van der Waals surface area contributed by atoms with Crippen LogP contribution in [0.2, 0.25) is 0 Å². The lowest BCUT2D eigenvalue weighted by atomic mass is 9.68. The molecule has 3 spiro atoms. The minimum atomic E-state index is -5.08. The number of urea groups is 3. The van der Waals surface area contributed by atoms with E-state index in [0.717, 1.165) is 106 Å². The van der Waals surface area contributed by atoms with E-state index >= 15 is 0 Å². The number of esters is 1. The van der Waals surface area contributed by atoms with Crippen LogP contribution < -0.4 is 20.1 Å². The second-order valence-corrected chi connectivity index (χ2v) is 28.3. The van der Waals surface area contributed by atoms with Gasteiger partial charge in [0.1, 0.15) is 30.2 Å². The number of nitrogens with zero attached hydrogens (tertiary/aromatic N) is 7. The maximum Gasteiger partial charge on any atom is 0.490 e. The molecule has 6 amide bonds. The first-order valence-corrected chi connectivity index (χ1v) is 33.2. The number of carbonyl (C=O) groups is 6. The van der Waals surface area contributed by atoms with Gasteiger partial charge in [0, 0.05) is 49.3 Å². The summed E-state index contributed by atoms with van der Waals surface area (Å²) in [7, 11) is 16.1. The van der Waals surface area contributed by atoms with E-state index in [1.165, 1.54) is 21.6 Å². The molecule has 3 saturated heterocycles. The van der Waals surface area contributed by atoms with Crippen LogP contribution in [0.1, 0.15) is 126 Å². The van der Waals surface area contributed by atoms with Crippen LogP contribution in [0, 0.1) is 0 Å². The Balaban J connectivity index is 0.000000180. The van der Waals surface area contributed by atoms with E-state index in [1.807, 2.05) is 91.2 Å². The first kappa shape index (κ1) is 74.4. The summed E-state index contributed by atoms with van der Waals surface area (Å²) in [6.45, 7) is 8.34. The average Bonchev–Trinajstić information content (AvgIpc) is 1.69. The first-order chi connectivity index (χ1) is 45.8. The van der Waals surface area contributed by atoms with E-state index in [2.05, 4.69) is 146 Å². The number of hydrogen-bond acceptors (Lipinski definition) is 12. The summed E-state index contributed by atoms with van der Waals surface area (Å²) in [6, 6.07) is 47.3. The highest BCUT2D eigenvalue weighted by molar-refractivity contribution is 5.84. The van der Waals surface area contributed by atoms with Crippen molar-refractivity contribution < 1.29 is 66.4 Å². The lowest BCUT2D eigenvalue weighted by molar-refractivity contribution is -0.192. The van der Waals surface area contributed by atoms with Crippen molar-refractivity contribution in [3.8, 4) is 11.5 Å². The molecule has 3 aliphatic carbocycles. The van der Waals surface area contributed by atoms with Crippen molar-refractivity contribution in [2.24, 2.45) is 0 Å². The number of hydrogen-bond donors (Lipinski definition) is 4. The van der Waals surface area contributed by atoms with Crippen LogP contribution in [0.4, 0.5) is 27.6 Å². The van der Waals surface area contributed by atoms with Gasteiger partial charge >= 0.3 is 42.2 Å². The van der Waals surface area contributed by atoms with E-state index in [9.17, 15) is 37.1 Å². The number of carbonyl (C=O) groups excluding carboxylic acids is 4. The summed E-state index contributed by atoms with van der Waals surface area (Å²) in [5, 5.41) is 22.4. The molecule has 23 heteroatoms. The number of alkyl halides is 3. The van der Waals surface area contributed by atoms with Crippen molar-refractivity contribution >= 4 is 36.0 Å². The molecule has 6 fully saturated rings. The molecule has 4 N–H and O–H groups in total. The SMILES string of the molecule is CN(C)C1(c2ccccc2)CCC2(CC1)CNC(=O)N2CC(=O)O.COc1ccc(CN2CC3(CCC(c4ccccc4)(N(C)C)CC3)N(CC(=O)OC(C)(C)C)C2=O)cc1.COc1ccc(CN2CC3(CCC(c4ccccc4)(N(C)C)CC3)NC2=O)cc1.O=C(O)C(F)(F)F. The first-order valence-electron chi connectivity index (χ1n) is 33.2. The fourth-order valence-electron chi connectivity index (χ4n) is 15.4. The zero-order chi connectivity index (χ0) is 70.8. The van der Waals surface area contributed by atoms with Crippen molar-refractivity contribution in [2.75, 3.05) is 89.2 Å². The number of rotatable bonds is 16. The summed E-state index contributed by atoms with van der Waals surface area (Å²) in [5.74, 6) is -2.46. The third kappa shape index (κ3) is 17.1. The monoisotopic (exact) mass is 1350 g/mol. The highest BCUT2D eigenvalue weighted by Gasteiger charge is 2.56. The molecule has 526 valence electrons. The highest BCUT2D eigenvalue weighted by Crippen LogP contribution is 2.51. The molecule has 3 aliphatic heterocycles. The molecule has 0 radical (unpaired) electrons. The fourth-order valence-corrected chi connectivity index (χ4v) is 15.4. The van der Waals surface area contributed by atoms with Gasteiger partial charge in [-0.3, -0.25) is 24.3 Å². The van der Waals surface area contributed by atoms with Gasteiger partial charge in [0.15, 0.2) is 0 Å². The molecule has 0 unspecified atom stereocenters. The van der Waals surface area contributed by atoms with E-state index in [0.29, 0.717) is 26.2 Å². The van der Waals surface area contributed by atoms with Gasteiger partial charge in [0.25, 0.3) is 0 Å². The summed E-state index contributed by atoms with van der Waals surface area (Å²) in [6.07, 6.45) is 5.80. The van der Waals surface area contributed by atoms with Gasteiger partial charge in [-0.1, -0.05) is 115 Å². The standard InChI is InChI=1S/C30H41N3O4.C24H31N3O2.C18H25N3O3.C2HF3O2/c1-28(2,3)37-26(34)21-33-27(35)32(20-23-12-14-25(36-6)15-13-23)22-29(33)16-18-30(19-17-29,31(4)5)24-10-8-7-9-11-24;1-26(2)24(20-7-5-4-6-8-20)15-13-23(14-16-24)18-27(22(28)25-23)17-19-9-11-21(29-3)12-10-19;1-20(2)18(14-6-4-3-5-7-14)10-8-17(9-11-18)13-19-16(24)21(17)12-15(22)23;3-2(4,5)1(6)7/h7-15H,16-22H2,1-6H3;4-12H,13-18H2,1-3H3,(H,25,28);3-7H,8-13H2,1-2H3,(H,19,24)(H,22,23);(H,6,7). The van der Waals surface area contributed by atoms with Crippen LogP contribution in [-0.2, 0) is 48.8 Å². The largest absolute Gasteiger partial charge is 0.497 e. The van der Waals surface area contributed by atoms with Gasteiger partial charge in [0.2, 0.25) is 0 Å². The second kappa shape index (κ2) is 30.6. The number of amides is 6. The fraction of sp³-hybridized carbons (Fsp3) is 0.514. The third-order valence-electron chi connectivity index (χ3n) is 21.0. The molecule has 3 saturated carbocycles. The topological polar surface area (TPSA) is 217 Å². The summed E-state index contributed by atoms with van der Waals surface area (Å²) < 4.78 is 47.9. The minimum Gasteiger partial charge on any atom is -0.497 e. The maximum absolute atomic E-state index is 13.8. The number of aliphatic carboxylic acids is 2. The van der Waals surface area contributed by atoms with Crippen molar-refractivity contribution in [2.45, 2.75) is 156 Å². The second-order valence-electron chi connectivity index (χ2n) is 28.3. The van der Waals surface area contributed by atoms with Gasteiger partial charge in [-0.25, -0.2) is 19.2 Å². The molecule has 3 heterocycles. The molecule has 11 rings (SSSR count). The van der Waals surface area contributed by atoms with Crippen LogP contribution in [0.15, 0.2) is 140 Å². The molecule has 0 bridgehead atoms. The smallest absolute Gasteiger partial charge is 0.490 e. The maximum atomic E-state index is 13.8. The molecular formula is C74H98F3N9O11. The zero-order valence-electron chi connectivity index (χ0n) is 58.0. The average molecular weight is 1350 g/mol. The molecule has 20 nitrogen and oxygen atoms in total. The van der Waals surface area contributed by atoms with Crippen LogP contribution in [0.25, 0.3) is 0 Å². The molecule has 5 aromatic carbocycles. The van der Waals surface area contributed by atoms with Gasteiger partial charge in [0.05, 0.1) is 30.8 Å². The molecule has 0 atom stereocenters. The van der Waals surface area contributed by atoms with Gasteiger partial charge in [-0.05, 0) is 192 Å². The quantitative estimate of drug-likeness (QED) is 0.0676. The Morgan fingerprint density at radius 2 is 0.887 bits per heavy atom. The van der Waals surface area contributed by atoms with Gasteiger partial charge in [-0.2, -0.15) is 13.2 Å². The van der Waals surface area contributed by atoms with Crippen LogP contribution in [0.5, 0.6) is 11.5 Å². The van der Waals surface area contributed by atoms with Crippen molar-refractivity contribution in [3.05, 3.63) is 167 Å². The van der Waals surface area contributed by atoms with E-state index < -0.39 is 29.3 Å². The summed E-state index contributed by atoms with van der Waals surface area (Å²) in [4.78, 5) is 85.7. The zero-order valence-corrected chi connectivity index (χ0v) is 58.0. The number of carboxylic acids is 2. The predicted octanol–water partition coefficient (Wildman–Crippen LogP) is 11.5. The Labute approximate surface area is 569 Å². The normalized spacial score (nSPS) is 25.4. The van der Waals surface area contributed by atoms with Crippen molar-refractivity contribution in [1.82, 2.24) is 44.9 Å². The number of nitrogens with one attached hydrogen (secondary N) is 2. The third-order valence-corrected chi connectivity index (χ3v) is 21.0. The highest BCUT2D eigenvalue weighted by atomic mass is 19.4. The lowest BCUT2D eigenvalue weighted by Gasteiger charge is -2.50. The van der Waals surface area contributed by atoms with Crippen LogP contribution >= 0.6 is 0 Å². The molecule has 97 heavy (non-hydrogen) atoms. The Morgan fingerprint density at radius 1 is 0.505 bits per heavy atom. The van der Waals surface area contributed by atoms with Gasteiger partial charge < -0.3 is 54.7 Å². The molecule has 5 aromatic rings. The number of methoxy groups -OCH3 is 2. The van der Waals surface area contributed by atoms with Crippen LogP contribution in [0.3, 0.4) is 0 Å². The lowest BCUT2D eigenvalue weighted by Crippen LogP contribution is -2.56. The minimum absolute atomic E-state index is 0.0322. The Kier molecular flexibility index (Phi) is 23.4. The predicted molar refractivity (Wildman–Crippen MR) is 364 cm³/mol. The van der Waals surface area contributed by atoms with Gasteiger partial charge in [-0.15, -0.1) is 0 Å². The Morgan fingerprint density at radius 3 is 1.25 bits per heavy atom. The molecular weight excluding hydrogens is 1250 g/mol. The summed E-state index contributed by atoms with van der Waals surface area (Å²) >= 11 is 0. The molecule has 6 aliphatic rings. The van der Waals surface area contributed by atoms with Crippen LogP contribution in [-0.4, -0.2) is 198 Å². The van der Waals surface area contributed by atoms with E-state index in [-0.39, 0.29) is 64.8 Å². The number of ether oxygens (including phenoxy) is 3. The number of carboxylic acid groups (broad SMARTS) is 2. The number of halogens is 3. The molecule has 0 aromatic heterocycles. The van der Waals surface area contributed by atoms with E-state index in [1.54, 1.807) is 19.1 Å². The van der Waals surface area contributed by atoms with E-state index in [4.69, 9.17) is 29.2 Å². The Bertz CT molecular complexity index is 3460. The van der Waals surface area contributed by atoms with Crippen molar-refractivity contribution in [1.29, 1.82) is 0 Å². The van der Waals surface area contributed by atoms with Crippen molar-refractivity contribution in [3.63, 3.8) is 0 Å². The number of benzene rings is 5. The summed E-state index contributed by atoms with van der Waals surface area (Å²) in [5.41, 5.74) is 4.50.